The van der Waals surface area contributed by atoms with Gasteiger partial charge in [-0.1, -0.05) is 18.6 Å². The monoisotopic (exact) mass is 383 g/mol. The molecule has 28 heavy (non-hydrogen) atoms. The number of nitrogens with zero attached hydrogens (tertiary/aromatic N) is 3. The number of hydrogen-bond acceptors (Lipinski definition) is 7. The fourth-order valence-corrected chi connectivity index (χ4v) is 4.25. The van der Waals surface area contributed by atoms with Crippen molar-refractivity contribution in [3.05, 3.63) is 24.3 Å². The van der Waals surface area contributed by atoms with E-state index in [0.717, 1.165) is 36.8 Å². The molecular weight excluding hydrogens is 353 g/mol. The molecule has 2 fully saturated rings. The molecule has 1 aromatic carbocycles. The minimum absolute atomic E-state index is 0.268. The smallest absolute Gasteiger partial charge is 0.399 e. The lowest BCUT2D eigenvalue weighted by Crippen LogP contribution is -2.58. The Morgan fingerprint density at radius 3 is 2.07 bits per heavy atom. The summed E-state index contributed by atoms with van der Waals surface area (Å²) in [6.45, 7) is 8.23. The Hall–Kier alpha value is -2.06. The number of anilines is 1. The van der Waals surface area contributed by atoms with Crippen LogP contribution in [0.4, 0.5) is 5.69 Å². The molecule has 1 aromatic rings. The molecule has 1 aliphatic carbocycles. The Kier molecular flexibility index (Phi) is 4.47. The molecule has 3 aliphatic rings. The van der Waals surface area contributed by atoms with E-state index in [4.69, 9.17) is 25.8 Å². The van der Waals surface area contributed by atoms with Gasteiger partial charge in [-0.05, 0) is 71.0 Å². The van der Waals surface area contributed by atoms with E-state index in [9.17, 15) is 0 Å². The van der Waals surface area contributed by atoms with Crippen LogP contribution in [-0.4, -0.2) is 35.9 Å². The predicted molar refractivity (Wildman–Crippen MR) is 114 cm³/mol. The largest absolute Gasteiger partial charge is 0.494 e. The van der Waals surface area contributed by atoms with E-state index < -0.39 is 5.66 Å². The first kappa shape index (κ1) is 19.3. The lowest BCUT2D eigenvalue weighted by molar-refractivity contribution is 0.00578. The topological polar surface area (TPSA) is 98.5 Å². The van der Waals surface area contributed by atoms with Crippen molar-refractivity contribution in [1.82, 2.24) is 0 Å². The van der Waals surface area contributed by atoms with Crippen LogP contribution in [-0.2, 0) is 9.31 Å². The van der Waals surface area contributed by atoms with Gasteiger partial charge >= 0.3 is 7.12 Å². The van der Waals surface area contributed by atoms with Crippen LogP contribution in [0.2, 0.25) is 0 Å². The zero-order valence-corrected chi connectivity index (χ0v) is 17.2. The Bertz CT molecular complexity index is 796. The van der Waals surface area contributed by atoms with E-state index in [2.05, 4.69) is 32.7 Å². The SMILES string of the molecule is CC1(C)OB(c2ccc(N3C(N)=NC(N)=NC34CCCCC4)cc2)OC1(C)C. The van der Waals surface area contributed by atoms with Crippen molar-refractivity contribution in [1.29, 1.82) is 0 Å². The van der Waals surface area contributed by atoms with Gasteiger partial charge in [0, 0.05) is 5.69 Å². The predicted octanol–water partition coefficient (Wildman–Crippen LogP) is 2.10. The quantitative estimate of drug-likeness (QED) is 0.762. The third-order valence-electron chi connectivity index (χ3n) is 6.53. The highest BCUT2D eigenvalue weighted by atomic mass is 16.7. The lowest BCUT2D eigenvalue weighted by Gasteiger charge is -2.45. The number of benzene rings is 1. The van der Waals surface area contributed by atoms with Crippen molar-refractivity contribution < 1.29 is 9.31 Å². The van der Waals surface area contributed by atoms with Crippen LogP contribution in [0.15, 0.2) is 34.3 Å². The third kappa shape index (κ3) is 3.08. The van der Waals surface area contributed by atoms with Crippen molar-refractivity contribution in [2.45, 2.75) is 76.7 Å². The first-order valence-electron chi connectivity index (χ1n) is 10.1. The standard InChI is InChI=1S/C20H30BN5O2/c1-18(2)19(3,4)28-21(27-18)14-8-10-15(11-9-14)26-17(23)24-16(22)25-20(26)12-6-5-7-13-20/h8-11H,5-7,12-13H2,1-4H3,(H4,22,23,24,25). The molecule has 7 nitrogen and oxygen atoms in total. The minimum Gasteiger partial charge on any atom is -0.399 e. The van der Waals surface area contributed by atoms with Gasteiger partial charge in [0.05, 0.1) is 11.2 Å². The highest BCUT2D eigenvalue weighted by molar-refractivity contribution is 6.62. The normalized spacial score (nSPS) is 25.6. The van der Waals surface area contributed by atoms with Crippen molar-refractivity contribution in [2.24, 2.45) is 21.5 Å². The maximum Gasteiger partial charge on any atom is 0.494 e. The molecule has 1 saturated heterocycles. The first-order chi connectivity index (χ1) is 13.1. The van der Waals surface area contributed by atoms with Crippen LogP contribution in [0.25, 0.3) is 0 Å². The van der Waals surface area contributed by atoms with Crippen LogP contribution in [0.5, 0.6) is 0 Å². The third-order valence-corrected chi connectivity index (χ3v) is 6.53. The second-order valence-electron chi connectivity index (χ2n) is 9.00. The summed E-state index contributed by atoms with van der Waals surface area (Å²) < 4.78 is 12.3. The Labute approximate surface area is 167 Å². The van der Waals surface area contributed by atoms with Gasteiger partial charge in [0.1, 0.15) is 5.66 Å². The van der Waals surface area contributed by atoms with E-state index >= 15 is 0 Å². The summed E-state index contributed by atoms with van der Waals surface area (Å²) in [7, 11) is -0.385. The Balaban J connectivity index is 1.62. The summed E-state index contributed by atoms with van der Waals surface area (Å²) in [5.41, 5.74) is 13.0. The molecule has 0 unspecified atom stereocenters. The van der Waals surface area contributed by atoms with Gasteiger partial charge in [0.25, 0.3) is 0 Å². The van der Waals surface area contributed by atoms with Crippen LogP contribution >= 0.6 is 0 Å². The van der Waals surface area contributed by atoms with E-state index in [1.807, 2.05) is 29.2 Å². The summed E-state index contributed by atoms with van der Waals surface area (Å²) >= 11 is 0. The molecule has 0 atom stereocenters. The molecular formula is C20H30BN5O2. The summed E-state index contributed by atoms with van der Waals surface area (Å²) in [5.74, 6) is 0.669. The molecule has 8 heteroatoms. The van der Waals surface area contributed by atoms with Crippen molar-refractivity contribution in [3.63, 3.8) is 0 Å². The van der Waals surface area contributed by atoms with Gasteiger partial charge in [-0.15, -0.1) is 0 Å². The van der Waals surface area contributed by atoms with Crippen LogP contribution in [0.3, 0.4) is 0 Å². The van der Waals surface area contributed by atoms with E-state index in [0.29, 0.717) is 5.96 Å². The maximum atomic E-state index is 6.30. The van der Waals surface area contributed by atoms with Gasteiger partial charge in [-0.25, -0.2) is 4.99 Å². The van der Waals surface area contributed by atoms with E-state index in [-0.39, 0.29) is 24.3 Å². The fraction of sp³-hybridized carbons (Fsp3) is 0.600. The minimum atomic E-state index is -0.431. The molecule has 1 spiro atoms. The average molecular weight is 383 g/mol. The Morgan fingerprint density at radius 1 is 0.929 bits per heavy atom. The summed E-state index contributed by atoms with van der Waals surface area (Å²) in [5, 5.41) is 0. The molecule has 0 aromatic heterocycles. The fourth-order valence-electron chi connectivity index (χ4n) is 4.25. The molecule has 4 N–H and O–H groups in total. The number of aliphatic imine (C=N–C) groups is 2. The molecule has 2 aliphatic heterocycles. The summed E-state index contributed by atoms with van der Waals surface area (Å²) in [4.78, 5) is 11.0. The second-order valence-corrected chi connectivity index (χ2v) is 9.00. The zero-order chi connectivity index (χ0) is 20.2. The Morgan fingerprint density at radius 2 is 1.50 bits per heavy atom. The first-order valence-corrected chi connectivity index (χ1v) is 10.1. The lowest BCUT2D eigenvalue weighted by atomic mass is 9.79. The molecule has 2 heterocycles. The van der Waals surface area contributed by atoms with E-state index in [1.165, 1.54) is 6.42 Å². The van der Waals surface area contributed by atoms with Crippen molar-refractivity contribution in [2.75, 3.05) is 4.90 Å². The van der Waals surface area contributed by atoms with Crippen molar-refractivity contribution >= 4 is 30.2 Å². The van der Waals surface area contributed by atoms with Gasteiger partial charge < -0.3 is 20.8 Å². The van der Waals surface area contributed by atoms with Gasteiger partial charge in [0.15, 0.2) is 0 Å². The molecule has 0 radical (unpaired) electrons. The number of hydrogen-bond donors (Lipinski definition) is 2. The summed E-state index contributed by atoms with van der Waals surface area (Å²) in [6, 6.07) is 8.14. The van der Waals surface area contributed by atoms with Crippen LogP contribution in [0.1, 0.15) is 59.8 Å². The van der Waals surface area contributed by atoms with Crippen molar-refractivity contribution in [3.8, 4) is 0 Å². The number of rotatable bonds is 2. The average Bonchev–Trinajstić information content (AvgIpc) is 2.83. The highest BCUT2D eigenvalue weighted by Gasteiger charge is 2.51. The molecule has 1 saturated carbocycles. The van der Waals surface area contributed by atoms with Gasteiger partial charge in [-0.3, -0.25) is 4.90 Å². The van der Waals surface area contributed by atoms with E-state index in [1.54, 1.807) is 0 Å². The van der Waals surface area contributed by atoms with Gasteiger partial charge in [0.2, 0.25) is 11.9 Å². The second kappa shape index (κ2) is 6.49. The maximum absolute atomic E-state index is 6.30. The molecule has 150 valence electrons. The summed E-state index contributed by atoms with van der Waals surface area (Å²) in [6.07, 6.45) is 5.26. The molecule has 4 rings (SSSR count). The zero-order valence-electron chi connectivity index (χ0n) is 17.2. The number of nitrogens with two attached hydrogens (primary N) is 2. The highest BCUT2D eigenvalue weighted by Crippen LogP contribution is 2.40. The van der Waals surface area contributed by atoms with Crippen LogP contribution in [0, 0.1) is 0 Å². The number of guanidine groups is 2. The van der Waals surface area contributed by atoms with Crippen LogP contribution < -0.4 is 21.8 Å². The van der Waals surface area contributed by atoms with Gasteiger partial charge in [-0.2, -0.15) is 4.99 Å². The molecule has 0 bridgehead atoms. The molecule has 0 amide bonds.